The van der Waals surface area contributed by atoms with Crippen LogP contribution in [-0.4, -0.2) is 50.7 Å². The molecule has 0 radical (unpaired) electrons. The van der Waals surface area contributed by atoms with Crippen LogP contribution in [0.2, 0.25) is 0 Å². The summed E-state index contributed by atoms with van der Waals surface area (Å²) in [5, 5.41) is 4.11. The predicted molar refractivity (Wildman–Crippen MR) is 90.1 cm³/mol. The predicted octanol–water partition coefficient (Wildman–Crippen LogP) is 0.859. The van der Waals surface area contributed by atoms with Crippen molar-refractivity contribution in [2.24, 2.45) is 5.92 Å². The third-order valence-electron chi connectivity index (χ3n) is 4.66. The number of amides is 1. The van der Waals surface area contributed by atoms with E-state index in [9.17, 15) is 14.4 Å². The van der Waals surface area contributed by atoms with E-state index in [1.54, 1.807) is 41.5 Å². The smallest absolute Gasteiger partial charge is 0.309 e. The number of esters is 1. The Balaban J connectivity index is 1.69. The first-order valence-corrected chi connectivity index (χ1v) is 8.52. The van der Waals surface area contributed by atoms with Crippen molar-refractivity contribution < 1.29 is 14.3 Å². The Morgan fingerprint density at radius 2 is 2.08 bits per heavy atom. The molecule has 1 aliphatic rings. The number of hydrogen-bond acceptors (Lipinski definition) is 5. The minimum Gasteiger partial charge on any atom is -0.466 e. The lowest BCUT2D eigenvalue weighted by atomic mass is 9.96. The van der Waals surface area contributed by atoms with Gasteiger partial charge in [-0.1, -0.05) is 0 Å². The van der Waals surface area contributed by atoms with E-state index in [1.807, 2.05) is 0 Å². The zero-order valence-corrected chi connectivity index (χ0v) is 14.4. The van der Waals surface area contributed by atoms with Crippen LogP contribution in [0.15, 0.2) is 29.5 Å². The van der Waals surface area contributed by atoms with Crippen molar-refractivity contribution in [1.29, 1.82) is 0 Å². The lowest BCUT2D eigenvalue weighted by molar-refractivity contribution is -0.151. The molecule has 0 N–H and O–H groups in total. The Morgan fingerprint density at radius 3 is 2.76 bits per heavy atom. The minimum atomic E-state index is -0.688. The molecular weight excluding hydrogens is 324 g/mol. The summed E-state index contributed by atoms with van der Waals surface area (Å²) in [4.78, 5) is 38.7. The SMILES string of the molecule is CCOC(=O)C1CCN(C(=O)C(C)n2ncn3cccc3c2=O)CC1. The van der Waals surface area contributed by atoms with Crippen LogP contribution in [0, 0.1) is 5.92 Å². The normalized spacial score (nSPS) is 16.8. The summed E-state index contributed by atoms with van der Waals surface area (Å²) in [7, 11) is 0. The van der Waals surface area contributed by atoms with Crippen molar-refractivity contribution in [2.45, 2.75) is 32.7 Å². The second-order valence-corrected chi connectivity index (χ2v) is 6.21. The monoisotopic (exact) mass is 346 g/mol. The number of nitrogens with zero attached hydrogens (tertiary/aromatic N) is 4. The van der Waals surface area contributed by atoms with Crippen molar-refractivity contribution in [2.75, 3.05) is 19.7 Å². The highest BCUT2D eigenvalue weighted by molar-refractivity contribution is 5.80. The molecule has 1 saturated heterocycles. The zero-order chi connectivity index (χ0) is 18.0. The van der Waals surface area contributed by atoms with Crippen LogP contribution in [0.3, 0.4) is 0 Å². The lowest BCUT2D eigenvalue weighted by Gasteiger charge is -2.32. The third kappa shape index (κ3) is 3.29. The molecule has 0 spiro atoms. The highest BCUT2D eigenvalue weighted by Crippen LogP contribution is 2.21. The van der Waals surface area contributed by atoms with Gasteiger partial charge in [-0.15, -0.1) is 0 Å². The number of aromatic nitrogens is 3. The molecule has 1 atom stereocenters. The van der Waals surface area contributed by atoms with Crippen LogP contribution < -0.4 is 5.56 Å². The summed E-state index contributed by atoms with van der Waals surface area (Å²) in [5.41, 5.74) is 0.186. The first kappa shape index (κ1) is 17.2. The summed E-state index contributed by atoms with van der Waals surface area (Å²) in [6.07, 6.45) is 4.42. The molecule has 2 aromatic heterocycles. The first-order chi connectivity index (χ1) is 12.0. The number of carbonyl (C=O) groups excluding carboxylic acids is 2. The van der Waals surface area contributed by atoms with Crippen LogP contribution in [0.4, 0.5) is 0 Å². The summed E-state index contributed by atoms with van der Waals surface area (Å²) in [6, 6.07) is 2.77. The molecule has 0 aliphatic carbocycles. The zero-order valence-electron chi connectivity index (χ0n) is 14.4. The van der Waals surface area contributed by atoms with E-state index in [0.717, 1.165) is 0 Å². The molecule has 3 rings (SSSR count). The molecular formula is C17H22N4O4. The van der Waals surface area contributed by atoms with Crippen LogP contribution in [-0.2, 0) is 14.3 Å². The highest BCUT2D eigenvalue weighted by Gasteiger charge is 2.31. The van der Waals surface area contributed by atoms with Crippen molar-refractivity contribution in [3.05, 3.63) is 35.0 Å². The summed E-state index contributed by atoms with van der Waals surface area (Å²) in [6.45, 7) is 4.79. The van der Waals surface area contributed by atoms with Gasteiger partial charge in [-0.2, -0.15) is 5.10 Å². The van der Waals surface area contributed by atoms with Gasteiger partial charge >= 0.3 is 5.97 Å². The number of fused-ring (bicyclic) bond motifs is 1. The molecule has 0 bridgehead atoms. The minimum absolute atomic E-state index is 0.155. The van der Waals surface area contributed by atoms with E-state index in [-0.39, 0.29) is 23.4 Å². The van der Waals surface area contributed by atoms with Gasteiger partial charge in [0.2, 0.25) is 5.91 Å². The summed E-state index contributed by atoms with van der Waals surface area (Å²) >= 11 is 0. The topological polar surface area (TPSA) is 85.9 Å². The maximum Gasteiger partial charge on any atom is 0.309 e. The summed E-state index contributed by atoms with van der Waals surface area (Å²) < 4.78 is 7.89. The number of likely N-dealkylation sites (tertiary alicyclic amines) is 1. The van der Waals surface area contributed by atoms with Gasteiger partial charge in [0.25, 0.3) is 5.56 Å². The van der Waals surface area contributed by atoms with Gasteiger partial charge in [-0.25, -0.2) is 4.68 Å². The van der Waals surface area contributed by atoms with E-state index in [1.165, 1.54) is 11.0 Å². The van der Waals surface area contributed by atoms with Gasteiger partial charge in [0, 0.05) is 19.3 Å². The maximum atomic E-state index is 12.7. The van der Waals surface area contributed by atoms with Crippen molar-refractivity contribution in [3.8, 4) is 0 Å². The van der Waals surface area contributed by atoms with Crippen molar-refractivity contribution in [3.63, 3.8) is 0 Å². The number of hydrogen-bond donors (Lipinski definition) is 0. The number of rotatable bonds is 4. The maximum absolute atomic E-state index is 12.7. The molecule has 1 amide bonds. The highest BCUT2D eigenvalue weighted by atomic mass is 16.5. The van der Waals surface area contributed by atoms with Gasteiger partial charge in [0.15, 0.2) is 0 Å². The van der Waals surface area contributed by atoms with Gasteiger partial charge in [-0.3, -0.25) is 14.4 Å². The quantitative estimate of drug-likeness (QED) is 0.767. The molecule has 0 saturated carbocycles. The molecule has 2 aromatic rings. The lowest BCUT2D eigenvalue weighted by Crippen LogP contribution is -2.45. The van der Waals surface area contributed by atoms with Crippen LogP contribution in [0.5, 0.6) is 0 Å². The molecule has 1 aliphatic heterocycles. The van der Waals surface area contributed by atoms with Gasteiger partial charge in [0.05, 0.1) is 12.5 Å². The largest absolute Gasteiger partial charge is 0.466 e. The van der Waals surface area contributed by atoms with Gasteiger partial charge in [0.1, 0.15) is 17.9 Å². The molecule has 8 heteroatoms. The molecule has 0 aromatic carbocycles. The Bertz CT molecular complexity index is 833. The fourth-order valence-corrected chi connectivity index (χ4v) is 3.20. The molecule has 134 valence electrons. The molecule has 3 heterocycles. The number of ether oxygens (including phenoxy) is 1. The van der Waals surface area contributed by atoms with Crippen LogP contribution >= 0.6 is 0 Å². The average Bonchev–Trinajstić information content (AvgIpc) is 3.11. The van der Waals surface area contributed by atoms with Crippen molar-refractivity contribution in [1.82, 2.24) is 19.1 Å². The van der Waals surface area contributed by atoms with E-state index in [2.05, 4.69) is 5.10 Å². The Kier molecular flexibility index (Phi) is 4.87. The Hall–Kier alpha value is -2.64. The Morgan fingerprint density at radius 1 is 1.36 bits per heavy atom. The number of carbonyl (C=O) groups is 2. The second-order valence-electron chi connectivity index (χ2n) is 6.21. The molecule has 1 unspecified atom stereocenters. The van der Waals surface area contributed by atoms with E-state index < -0.39 is 6.04 Å². The van der Waals surface area contributed by atoms with Crippen LogP contribution in [0.1, 0.15) is 32.7 Å². The van der Waals surface area contributed by atoms with E-state index in [4.69, 9.17) is 4.74 Å². The number of piperidine rings is 1. The van der Waals surface area contributed by atoms with E-state index in [0.29, 0.717) is 38.1 Å². The van der Waals surface area contributed by atoms with Crippen LogP contribution in [0.25, 0.3) is 5.52 Å². The first-order valence-electron chi connectivity index (χ1n) is 8.52. The molecule has 8 nitrogen and oxygen atoms in total. The van der Waals surface area contributed by atoms with Crippen molar-refractivity contribution >= 4 is 17.4 Å². The second kappa shape index (κ2) is 7.08. The van der Waals surface area contributed by atoms with E-state index >= 15 is 0 Å². The standard InChI is InChI=1S/C17H22N4O4/c1-3-25-17(24)13-6-9-19(10-7-13)15(22)12(2)21-16(23)14-5-4-8-20(14)11-18-21/h4-5,8,11-13H,3,6-7,9-10H2,1-2H3. The average molecular weight is 346 g/mol. The van der Waals surface area contributed by atoms with Gasteiger partial charge < -0.3 is 14.0 Å². The summed E-state index contributed by atoms with van der Waals surface area (Å²) in [5.74, 6) is -0.510. The fraction of sp³-hybridized carbons (Fsp3) is 0.529. The molecule has 25 heavy (non-hydrogen) atoms. The fourth-order valence-electron chi connectivity index (χ4n) is 3.20. The third-order valence-corrected chi connectivity index (χ3v) is 4.66. The molecule has 1 fully saturated rings. The van der Waals surface area contributed by atoms with Gasteiger partial charge in [-0.05, 0) is 38.8 Å². The Labute approximate surface area is 145 Å².